The van der Waals surface area contributed by atoms with Crippen LogP contribution in [0.1, 0.15) is 35.4 Å². The van der Waals surface area contributed by atoms with Crippen LogP contribution in [-0.2, 0) is 11.2 Å². The van der Waals surface area contributed by atoms with E-state index in [1.165, 1.54) is 11.1 Å². The summed E-state index contributed by atoms with van der Waals surface area (Å²) in [7, 11) is 0. The van der Waals surface area contributed by atoms with Crippen molar-refractivity contribution in [2.75, 3.05) is 26.2 Å². The fraction of sp³-hybridized carbons (Fsp3) is 0.529. The Bertz CT molecular complexity index is 611. The van der Waals surface area contributed by atoms with Crippen LogP contribution in [0.15, 0.2) is 28.8 Å². The average Bonchev–Trinajstić information content (AvgIpc) is 2.96. The minimum atomic E-state index is -0.0651. The molecule has 5 heteroatoms. The van der Waals surface area contributed by atoms with Gasteiger partial charge in [-0.1, -0.05) is 29.4 Å². The third-order valence-electron chi connectivity index (χ3n) is 4.16. The third-order valence-corrected chi connectivity index (χ3v) is 4.16. The molecule has 118 valence electrons. The summed E-state index contributed by atoms with van der Waals surface area (Å²) in [6.45, 7) is 7.60. The van der Waals surface area contributed by atoms with Crippen molar-refractivity contribution in [3.8, 4) is 0 Å². The molecular formula is C17H23N3O2. The van der Waals surface area contributed by atoms with Gasteiger partial charge in [0, 0.05) is 20.0 Å². The van der Waals surface area contributed by atoms with Gasteiger partial charge in [-0.2, -0.15) is 4.98 Å². The summed E-state index contributed by atoms with van der Waals surface area (Å²) < 4.78 is 10.8. The van der Waals surface area contributed by atoms with E-state index in [-0.39, 0.29) is 6.10 Å². The molecule has 1 aromatic carbocycles. The van der Waals surface area contributed by atoms with Crippen molar-refractivity contribution in [1.82, 2.24) is 15.0 Å². The Morgan fingerprint density at radius 2 is 2.14 bits per heavy atom. The molecule has 5 nitrogen and oxygen atoms in total. The highest BCUT2D eigenvalue weighted by Gasteiger charge is 2.25. The number of hydrogen-bond donors (Lipinski definition) is 0. The normalized spacial score (nSPS) is 19.5. The van der Waals surface area contributed by atoms with Gasteiger partial charge in [-0.25, -0.2) is 0 Å². The lowest BCUT2D eigenvalue weighted by atomic mass is 10.0. The number of nitrogens with zero attached hydrogens (tertiary/aromatic N) is 3. The van der Waals surface area contributed by atoms with Crippen LogP contribution in [0.3, 0.4) is 0 Å². The van der Waals surface area contributed by atoms with Gasteiger partial charge in [0.05, 0.1) is 6.61 Å². The SMILES string of the molecule is Cc1nc(C2CN(CCCc3ccccc3C)CCO2)no1. The number of aromatic nitrogens is 2. The fourth-order valence-corrected chi connectivity index (χ4v) is 2.89. The van der Waals surface area contributed by atoms with Crippen LogP contribution in [0, 0.1) is 13.8 Å². The van der Waals surface area contributed by atoms with Crippen molar-refractivity contribution >= 4 is 0 Å². The summed E-state index contributed by atoms with van der Waals surface area (Å²) in [6, 6.07) is 8.61. The maximum Gasteiger partial charge on any atom is 0.223 e. The molecular weight excluding hydrogens is 278 g/mol. The maximum absolute atomic E-state index is 5.76. The number of rotatable bonds is 5. The first-order chi connectivity index (χ1) is 10.7. The first-order valence-electron chi connectivity index (χ1n) is 7.91. The molecule has 0 N–H and O–H groups in total. The second-order valence-electron chi connectivity index (χ2n) is 5.86. The zero-order chi connectivity index (χ0) is 15.4. The minimum absolute atomic E-state index is 0.0651. The van der Waals surface area contributed by atoms with Crippen molar-refractivity contribution in [3.05, 3.63) is 47.1 Å². The lowest BCUT2D eigenvalue weighted by Crippen LogP contribution is -2.39. The molecule has 0 radical (unpaired) electrons. The highest BCUT2D eigenvalue weighted by molar-refractivity contribution is 5.25. The first-order valence-corrected chi connectivity index (χ1v) is 7.91. The molecule has 2 aromatic rings. The predicted octanol–water partition coefficient (Wildman–Crippen LogP) is 2.69. The van der Waals surface area contributed by atoms with Gasteiger partial charge in [0.2, 0.25) is 11.7 Å². The first kappa shape index (κ1) is 15.2. The van der Waals surface area contributed by atoms with Gasteiger partial charge in [0.1, 0.15) is 6.10 Å². The molecule has 2 heterocycles. The van der Waals surface area contributed by atoms with E-state index in [2.05, 4.69) is 46.2 Å². The second-order valence-corrected chi connectivity index (χ2v) is 5.86. The van der Waals surface area contributed by atoms with E-state index in [4.69, 9.17) is 9.26 Å². The van der Waals surface area contributed by atoms with Crippen LogP contribution in [0.25, 0.3) is 0 Å². The molecule has 0 saturated carbocycles. The molecule has 1 atom stereocenters. The Hall–Kier alpha value is -1.72. The molecule has 0 aliphatic carbocycles. The minimum Gasteiger partial charge on any atom is -0.367 e. The van der Waals surface area contributed by atoms with Crippen LogP contribution < -0.4 is 0 Å². The zero-order valence-corrected chi connectivity index (χ0v) is 13.3. The summed E-state index contributed by atoms with van der Waals surface area (Å²) >= 11 is 0. The van der Waals surface area contributed by atoms with Crippen LogP contribution in [0.4, 0.5) is 0 Å². The van der Waals surface area contributed by atoms with Gasteiger partial charge >= 0.3 is 0 Å². The number of hydrogen-bond acceptors (Lipinski definition) is 5. The Balaban J connectivity index is 1.49. The highest BCUT2D eigenvalue weighted by Crippen LogP contribution is 2.20. The van der Waals surface area contributed by atoms with E-state index in [0.29, 0.717) is 11.7 Å². The number of benzene rings is 1. The summed E-state index contributed by atoms with van der Waals surface area (Å²) in [5.74, 6) is 1.26. The van der Waals surface area contributed by atoms with Gasteiger partial charge in [0.15, 0.2) is 0 Å². The topological polar surface area (TPSA) is 51.4 Å². The standard InChI is InChI=1S/C17H23N3O2/c1-13-6-3-4-7-15(13)8-5-9-20-10-11-21-16(12-20)17-18-14(2)22-19-17/h3-4,6-7,16H,5,8-12H2,1-2H3. The number of aryl methyl sites for hydroxylation is 3. The summed E-state index contributed by atoms with van der Waals surface area (Å²) in [4.78, 5) is 6.71. The molecule has 1 unspecified atom stereocenters. The van der Waals surface area contributed by atoms with Gasteiger partial charge in [-0.3, -0.25) is 4.90 Å². The van der Waals surface area contributed by atoms with Gasteiger partial charge in [0.25, 0.3) is 0 Å². The van der Waals surface area contributed by atoms with E-state index in [1.807, 2.05) is 0 Å². The summed E-state index contributed by atoms with van der Waals surface area (Å²) in [5.41, 5.74) is 2.82. The van der Waals surface area contributed by atoms with Gasteiger partial charge in [-0.15, -0.1) is 0 Å². The molecule has 1 aliphatic heterocycles. The van der Waals surface area contributed by atoms with Crippen LogP contribution in [0.5, 0.6) is 0 Å². The quantitative estimate of drug-likeness (QED) is 0.850. The van der Waals surface area contributed by atoms with Gasteiger partial charge < -0.3 is 9.26 Å². The summed E-state index contributed by atoms with van der Waals surface area (Å²) in [5, 5.41) is 3.98. The molecule has 1 fully saturated rings. The molecule has 3 rings (SSSR count). The Labute approximate surface area is 131 Å². The second kappa shape index (κ2) is 7.03. The highest BCUT2D eigenvalue weighted by atomic mass is 16.5. The van der Waals surface area contributed by atoms with Crippen LogP contribution in [-0.4, -0.2) is 41.3 Å². The average molecular weight is 301 g/mol. The van der Waals surface area contributed by atoms with Crippen LogP contribution >= 0.6 is 0 Å². The maximum atomic E-state index is 5.76. The molecule has 0 bridgehead atoms. The molecule has 1 saturated heterocycles. The largest absolute Gasteiger partial charge is 0.367 e. The Morgan fingerprint density at radius 3 is 2.91 bits per heavy atom. The molecule has 1 aliphatic rings. The summed E-state index contributed by atoms with van der Waals surface area (Å²) in [6.07, 6.45) is 2.21. The number of morpholine rings is 1. The smallest absolute Gasteiger partial charge is 0.223 e. The van der Waals surface area contributed by atoms with E-state index in [1.54, 1.807) is 6.92 Å². The molecule has 0 spiro atoms. The lowest BCUT2D eigenvalue weighted by Gasteiger charge is -2.31. The van der Waals surface area contributed by atoms with E-state index >= 15 is 0 Å². The van der Waals surface area contributed by atoms with E-state index in [0.717, 1.165) is 39.1 Å². The van der Waals surface area contributed by atoms with Crippen molar-refractivity contribution in [2.45, 2.75) is 32.8 Å². The van der Waals surface area contributed by atoms with Crippen molar-refractivity contribution in [1.29, 1.82) is 0 Å². The molecule has 22 heavy (non-hydrogen) atoms. The van der Waals surface area contributed by atoms with Crippen molar-refractivity contribution < 1.29 is 9.26 Å². The fourth-order valence-electron chi connectivity index (χ4n) is 2.89. The van der Waals surface area contributed by atoms with Gasteiger partial charge in [-0.05, 0) is 37.4 Å². The Kier molecular flexibility index (Phi) is 4.85. The Morgan fingerprint density at radius 1 is 1.27 bits per heavy atom. The number of ether oxygens (including phenoxy) is 1. The van der Waals surface area contributed by atoms with Crippen LogP contribution in [0.2, 0.25) is 0 Å². The zero-order valence-electron chi connectivity index (χ0n) is 13.3. The van der Waals surface area contributed by atoms with Crippen molar-refractivity contribution in [3.63, 3.8) is 0 Å². The lowest BCUT2D eigenvalue weighted by molar-refractivity contribution is -0.0353. The molecule has 1 aromatic heterocycles. The van der Waals surface area contributed by atoms with Crippen molar-refractivity contribution in [2.24, 2.45) is 0 Å². The monoisotopic (exact) mass is 301 g/mol. The van der Waals surface area contributed by atoms with E-state index in [9.17, 15) is 0 Å². The molecule has 0 amide bonds. The predicted molar refractivity (Wildman–Crippen MR) is 83.7 cm³/mol. The van der Waals surface area contributed by atoms with E-state index < -0.39 is 0 Å². The third kappa shape index (κ3) is 3.72.